The third-order valence-corrected chi connectivity index (χ3v) is 5.76. The van der Waals surface area contributed by atoms with Crippen LogP contribution in [0, 0.1) is 0 Å². The Morgan fingerprint density at radius 1 is 1.04 bits per heavy atom. The minimum absolute atomic E-state index is 0.0471. The monoisotopic (exact) mass is 377 g/mol. The number of thiophene rings is 1. The number of ketones is 1. The summed E-state index contributed by atoms with van der Waals surface area (Å²) >= 11 is 7.69. The highest BCUT2D eigenvalue weighted by Gasteiger charge is 2.42. The number of nitrogens with zero attached hydrogens (tertiary/aromatic N) is 1. The molecule has 1 atom stereocenters. The third kappa shape index (κ3) is 2.13. The Morgan fingerprint density at radius 2 is 1.92 bits per heavy atom. The van der Waals surface area contributed by atoms with Gasteiger partial charge in [-0.15, -0.1) is 0 Å². The molecule has 2 aliphatic rings. The van der Waals surface area contributed by atoms with Crippen LogP contribution in [0.15, 0.2) is 59.3 Å². The molecule has 1 aliphatic carbocycles. The summed E-state index contributed by atoms with van der Waals surface area (Å²) in [6.07, 6.45) is 3.71. The SMILES string of the molecule is O=C1c2c3ccc(-c4ccsc4)c2C(=O)N(c2cccc(Cl)c2)C1C=C3. The molecule has 2 aromatic carbocycles. The van der Waals surface area contributed by atoms with Gasteiger partial charge in [-0.1, -0.05) is 42.0 Å². The number of carbonyl (C=O) groups is 2. The van der Waals surface area contributed by atoms with Gasteiger partial charge in [-0.3, -0.25) is 14.5 Å². The molecule has 126 valence electrons. The second-order valence-electron chi connectivity index (χ2n) is 6.29. The summed E-state index contributed by atoms with van der Waals surface area (Å²) in [5.74, 6) is -0.214. The number of rotatable bonds is 2. The van der Waals surface area contributed by atoms with Crippen molar-refractivity contribution in [2.45, 2.75) is 6.04 Å². The van der Waals surface area contributed by atoms with E-state index in [0.29, 0.717) is 21.8 Å². The highest BCUT2D eigenvalue weighted by atomic mass is 35.5. The van der Waals surface area contributed by atoms with Gasteiger partial charge < -0.3 is 0 Å². The first-order valence-electron chi connectivity index (χ1n) is 8.16. The van der Waals surface area contributed by atoms with E-state index in [1.165, 1.54) is 0 Å². The Morgan fingerprint density at radius 3 is 2.69 bits per heavy atom. The molecule has 0 N–H and O–H groups in total. The van der Waals surface area contributed by atoms with Crippen LogP contribution in [-0.2, 0) is 0 Å². The standard InChI is InChI=1S/C21H12ClNO2S/c22-14-2-1-3-15(10-14)23-17-7-5-12-4-6-16(13-8-9-26-11-13)19(21(23)25)18(12)20(17)24/h1-11,17H. The summed E-state index contributed by atoms with van der Waals surface area (Å²) in [5, 5.41) is 4.48. The zero-order valence-electron chi connectivity index (χ0n) is 13.5. The van der Waals surface area contributed by atoms with Crippen LogP contribution in [0.25, 0.3) is 17.2 Å². The van der Waals surface area contributed by atoms with Crippen molar-refractivity contribution in [2.24, 2.45) is 0 Å². The van der Waals surface area contributed by atoms with Crippen LogP contribution in [0.1, 0.15) is 26.3 Å². The predicted octanol–water partition coefficient (Wildman–Crippen LogP) is 5.31. The summed E-state index contributed by atoms with van der Waals surface area (Å²) in [4.78, 5) is 28.2. The maximum atomic E-state index is 13.5. The molecule has 2 bridgehead atoms. The minimum atomic E-state index is -0.626. The lowest BCUT2D eigenvalue weighted by atomic mass is 9.80. The average Bonchev–Trinajstić information content (AvgIpc) is 3.16. The third-order valence-electron chi connectivity index (χ3n) is 4.84. The van der Waals surface area contributed by atoms with Crippen LogP contribution in [-0.4, -0.2) is 17.7 Å². The van der Waals surface area contributed by atoms with Gasteiger partial charge >= 0.3 is 0 Å². The summed E-state index contributed by atoms with van der Waals surface area (Å²) in [7, 11) is 0. The second-order valence-corrected chi connectivity index (χ2v) is 7.50. The maximum Gasteiger partial charge on any atom is 0.260 e. The molecule has 26 heavy (non-hydrogen) atoms. The number of halogens is 1. The van der Waals surface area contributed by atoms with Gasteiger partial charge in [0.25, 0.3) is 5.91 Å². The van der Waals surface area contributed by atoms with Gasteiger partial charge in [0.15, 0.2) is 5.78 Å². The zero-order chi connectivity index (χ0) is 17.8. The zero-order valence-corrected chi connectivity index (χ0v) is 15.1. The average molecular weight is 378 g/mol. The maximum absolute atomic E-state index is 13.5. The molecule has 0 saturated heterocycles. The Hall–Kier alpha value is -2.69. The number of hydrogen-bond donors (Lipinski definition) is 0. The predicted molar refractivity (Wildman–Crippen MR) is 105 cm³/mol. The van der Waals surface area contributed by atoms with E-state index < -0.39 is 6.04 Å². The van der Waals surface area contributed by atoms with Crippen LogP contribution in [0.2, 0.25) is 5.02 Å². The number of amides is 1. The highest BCUT2D eigenvalue weighted by molar-refractivity contribution is 7.08. The number of anilines is 1. The molecule has 0 radical (unpaired) electrons. The molecule has 1 unspecified atom stereocenters. The van der Waals surface area contributed by atoms with Gasteiger partial charge in [-0.2, -0.15) is 11.3 Å². The molecular formula is C21H12ClNO2S. The first-order chi connectivity index (χ1) is 12.6. The molecule has 0 saturated carbocycles. The van der Waals surface area contributed by atoms with E-state index in [1.54, 1.807) is 46.6 Å². The van der Waals surface area contributed by atoms with Crippen molar-refractivity contribution < 1.29 is 9.59 Å². The summed E-state index contributed by atoms with van der Waals surface area (Å²) in [6, 6.07) is 12.2. The van der Waals surface area contributed by atoms with Crippen LogP contribution in [0.5, 0.6) is 0 Å². The first kappa shape index (κ1) is 15.6. The van der Waals surface area contributed by atoms with E-state index >= 15 is 0 Å². The topological polar surface area (TPSA) is 37.4 Å². The van der Waals surface area contributed by atoms with E-state index in [1.807, 2.05) is 35.0 Å². The van der Waals surface area contributed by atoms with E-state index in [9.17, 15) is 9.59 Å². The normalized spacial score (nSPS) is 17.7. The van der Waals surface area contributed by atoms with Crippen molar-refractivity contribution in [3.63, 3.8) is 0 Å². The fraction of sp³-hybridized carbons (Fsp3) is 0.0476. The van der Waals surface area contributed by atoms with Gasteiger partial charge in [-0.05, 0) is 51.7 Å². The van der Waals surface area contributed by atoms with Crippen molar-refractivity contribution in [3.8, 4) is 11.1 Å². The van der Waals surface area contributed by atoms with Gasteiger partial charge in [0, 0.05) is 16.3 Å². The molecule has 5 rings (SSSR count). The molecule has 0 spiro atoms. The quantitative estimate of drug-likeness (QED) is 0.607. The van der Waals surface area contributed by atoms with Crippen LogP contribution in [0.4, 0.5) is 5.69 Å². The van der Waals surface area contributed by atoms with Gasteiger partial charge in [-0.25, -0.2) is 0 Å². The molecular weight excluding hydrogens is 366 g/mol. The second kappa shape index (κ2) is 5.66. The summed E-state index contributed by atoms with van der Waals surface area (Å²) < 4.78 is 0. The van der Waals surface area contributed by atoms with Crippen molar-refractivity contribution in [1.82, 2.24) is 0 Å². The van der Waals surface area contributed by atoms with E-state index in [0.717, 1.165) is 16.7 Å². The van der Waals surface area contributed by atoms with Gasteiger partial charge in [0.2, 0.25) is 0 Å². The Kier molecular flexibility index (Phi) is 3.39. The number of benzene rings is 2. The molecule has 2 heterocycles. The van der Waals surface area contributed by atoms with E-state index in [2.05, 4.69) is 0 Å². The molecule has 3 nitrogen and oxygen atoms in total. The van der Waals surface area contributed by atoms with E-state index in [4.69, 9.17) is 11.6 Å². The van der Waals surface area contributed by atoms with Crippen molar-refractivity contribution >= 4 is 46.4 Å². The Labute approximate surface area is 159 Å². The lowest BCUT2D eigenvalue weighted by Crippen LogP contribution is -2.50. The smallest absolute Gasteiger partial charge is 0.260 e. The van der Waals surface area contributed by atoms with Crippen LogP contribution in [0.3, 0.4) is 0 Å². The van der Waals surface area contributed by atoms with Crippen LogP contribution >= 0.6 is 22.9 Å². The first-order valence-corrected chi connectivity index (χ1v) is 9.48. The fourth-order valence-corrected chi connectivity index (χ4v) is 4.53. The van der Waals surface area contributed by atoms with Crippen molar-refractivity contribution in [1.29, 1.82) is 0 Å². The molecule has 1 amide bonds. The molecule has 0 fully saturated rings. The van der Waals surface area contributed by atoms with E-state index in [-0.39, 0.29) is 11.7 Å². The number of fused-ring (bicyclic) bond motifs is 1. The lowest BCUT2D eigenvalue weighted by Gasteiger charge is -2.37. The van der Waals surface area contributed by atoms with Crippen molar-refractivity contribution in [3.05, 3.63) is 81.0 Å². The summed E-state index contributed by atoms with van der Waals surface area (Å²) in [5.41, 5.74) is 4.19. The van der Waals surface area contributed by atoms with Gasteiger partial charge in [0.05, 0.1) is 5.56 Å². The fourth-order valence-electron chi connectivity index (χ4n) is 3.69. The Bertz CT molecular complexity index is 1100. The lowest BCUT2D eigenvalue weighted by molar-refractivity contribution is 0.0885. The number of Topliss-reactive ketones (excluding diaryl/α,β-unsaturated/α-hetero) is 1. The minimum Gasteiger partial charge on any atom is -0.294 e. The number of hydrogen-bond acceptors (Lipinski definition) is 3. The molecule has 5 heteroatoms. The molecule has 1 aromatic heterocycles. The largest absolute Gasteiger partial charge is 0.294 e. The van der Waals surface area contributed by atoms with Crippen molar-refractivity contribution in [2.75, 3.05) is 4.90 Å². The highest BCUT2D eigenvalue weighted by Crippen LogP contribution is 2.40. The molecule has 3 aromatic rings. The molecule has 1 aliphatic heterocycles. The number of carbonyl (C=O) groups excluding carboxylic acids is 2. The van der Waals surface area contributed by atoms with Gasteiger partial charge in [0.1, 0.15) is 6.04 Å². The summed E-state index contributed by atoms with van der Waals surface area (Å²) in [6.45, 7) is 0. The Balaban J connectivity index is 1.79. The van der Waals surface area contributed by atoms with Crippen LogP contribution < -0.4 is 4.90 Å².